The summed E-state index contributed by atoms with van der Waals surface area (Å²) in [5.74, 6) is 0.0664. The molecule has 1 aromatic rings. The van der Waals surface area contributed by atoms with Crippen LogP contribution < -0.4 is 0 Å². The van der Waals surface area contributed by atoms with Crippen molar-refractivity contribution in [2.75, 3.05) is 7.05 Å². The largest absolute Gasteiger partial charge is 0.340 e. The molecule has 0 fully saturated rings. The van der Waals surface area contributed by atoms with Gasteiger partial charge in [0.25, 0.3) is 0 Å². The van der Waals surface area contributed by atoms with Crippen molar-refractivity contribution in [2.45, 2.75) is 18.7 Å². The second-order valence-electron chi connectivity index (χ2n) is 2.95. The van der Waals surface area contributed by atoms with Crippen molar-refractivity contribution < 1.29 is 4.79 Å². The van der Waals surface area contributed by atoms with E-state index < -0.39 is 0 Å². The van der Waals surface area contributed by atoms with Crippen molar-refractivity contribution in [3.63, 3.8) is 0 Å². The molecule has 2 nitrogen and oxygen atoms in total. The van der Waals surface area contributed by atoms with E-state index in [2.05, 4.69) is 12.6 Å². The average Bonchev–Trinajstić information content (AvgIpc) is 2.55. The molecule has 0 aromatic carbocycles. The molecule has 1 aromatic heterocycles. The molecule has 0 radical (unpaired) electrons. The molecule has 0 bridgehead atoms. The first-order chi connectivity index (χ1) is 6.11. The van der Waals surface area contributed by atoms with Crippen molar-refractivity contribution in [2.24, 2.45) is 0 Å². The van der Waals surface area contributed by atoms with Crippen molar-refractivity contribution >= 4 is 29.9 Å². The maximum Gasteiger partial charge on any atom is 0.235 e. The fourth-order valence-electron chi connectivity index (χ4n) is 1.03. The van der Waals surface area contributed by atoms with Crippen LogP contribution in [-0.2, 0) is 11.3 Å². The lowest BCUT2D eigenvalue weighted by Gasteiger charge is -2.17. The average molecular weight is 215 g/mol. The number of amides is 1. The zero-order chi connectivity index (χ0) is 9.84. The first-order valence-corrected chi connectivity index (χ1v) is 5.46. The predicted octanol–water partition coefficient (Wildman–Crippen LogP) is 2.02. The summed E-state index contributed by atoms with van der Waals surface area (Å²) in [5.41, 5.74) is 0. The van der Waals surface area contributed by atoms with Crippen LogP contribution in [0.5, 0.6) is 0 Å². The van der Waals surface area contributed by atoms with Gasteiger partial charge in [0.15, 0.2) is 0 Å². The minimum absolute atomic E-state index is 0.0664. The van der Waals surface area contributed by atoms with Crippen LogP contribution in [0.15, 0.2) is 17.5 Å². The summed E-state index contributed by atoms with van der Waals surface area (Å²) in [6, 6.07) is 4.01. The Kier molecular flexibility index (Phi) is 3.81. The molecule has 72 valence electrons. The second kappa shape index (κ2) is 4.67. The Morgan fingerprint density at radius 3 is 2.92 bits per heavy atom. The molecule has 0 spiro atoms. The normalized spacial score (nSPS) is 12.5. The molecule has 4 heteroatoms. The summed E-state index contributed by atoms with van der Waals surface area (Å²) in [4.78, 5) is 14.3. The molecule has 1 amide bonds. The Balaban J connectivity index is 2.51. The third-order valence-electron chi connectivity index (χ3n) is 1.71. The van der Waals surface area contributed by atoms with Crippen LogP contribution in [0.4, 0.5) is 0 Å². The first kappa shape index (κ1) is 10.6. The Bertz CT molecular complexity index is 269. The molecule has 0 saturated heterocycles. The summed E-state index contributed by atoms with van der Waals surface area (Å²) in [7, 11) is 1.80. The van der Waals surface area contributed by atoms with E-state index in [4.69, 9.17) is 0 Å². The molecule has 0 saturated carbocycles. The zero-order valence-electron chi connectivity index (χ0n) is 7.73. The molecule has 0 aliphatic carbocycles. The molecule has 1 heterocycles. The lowest BCUT2D eigenvalue weighted by atomic mass is 10.3. The van der Waals surface area contributed by atoms with E-state index in [9.17, 15) is 4.79 Å². The monoisotopic (exact) mass is 215 g/mol. The van der Waals surface area contributed by atoms with E-state index in [0.717, 1.165) is 0 Å². The minimum atomic E-state index is -0.218. The molecule has 1 rings (SSSR count). The predicted molar refractivity (Wildman–Crippen MR) is 59.2 cm³/mol. The van der Waals surface area contributed by atoms with E-state index in [1.54, 1.807) is 30.2 Å². The molecule has 13 heavy (non-hydrogen) atoms. The van der Waals surface area contributed by atoms with E-state index >= 15 is 0 Å². The fourth-order valence-corrected chi connectivity index (χ4v) is 1.99. The lowest BCUT2D eigenvalue weighted by molar-refractivity contribution is -0.129. The number of rotatable bonds is 3. The van der Waals surface area contributed by atoms with Gasteiger partial charge >= 0.3 is 0 Å². The van der Waals surface area contributed by atoms with Gasteiger partial charge in [-0.15, -0.1) is 11.3 Å². The number of hydrogen-bond donors (Lipinski definition) is 1. The van der Waals surface area contributed by atoms with Gasteiger partial charge in [0, 0.05) is 11.9 Å². The van der Waals surface area contributed by atoms with E-state index in [1.807, 2.05) is 17.5 Å². The highest BCUT2D eigenvalue weighted by atomic mass is 32.1. The number of carbonyl (C=O) groups excluding carboxylic acids is 1. The van der Waals surface area contributed by atoms with Crippen LogP contribution in [0.25, 0.3) is 0 Å². The molecule has 0 aliphatic heterocycles. The Morgan fingerprint density at radius 1 is 1.77 bits per heavy atom. The van der Waals surface area contributed by atoms with Crippen LogP contribution in [0, 0.1) is 0 Å². The third-order valence-corrected chi connectivity index (χ3v) is 2.79. The Morgan fingerprint density at radius 2 is 2.46 bits per heavy atom. The van der Waals surface area contributed by atoms with Crippen molar-refractivity contribution in [1.29, 1.82) is 0 Å². The van der Waals surface area contributed by atoms with Gasteiger partial charge in [-0.25, -0.2) is 0 Å². The highest BCUT2D eigenvalue weighted by molar-refractivity contribution is 7.81. The lowest BCUT2D eigenvalue weighted by Crippen LogP contribution is -2.31. The van der Waals surface area contributed by atoms with Gasteiger partial charge in [0.05, 0.1) is 11.8 Å². The van der Waals surface area contributed by atoms with Crippen LogP contribution in [-0.4, -0.2) is 23.1 Å². The Hall–Kier alpha value is -0.480. The molecular formula is C9H13NOS2. The molecule has 0 N–H and O–H groups in total. The van der Waals surface area contributed by atoms with E-state index in [1.165, 1.54) is 4.88 Å². The Labute approximate surface area is 88.0 Å². The zero-order valence-corrected chi connectivity index (χ0v) is 9.44. The van der Waals surface area contributed by atoms with Crippen LogP contribution in [0.1, 0.15) is 11.8 Å². The molecule has 1 unspecified atom stereocenters. The third kappa shape index (κ3) is 3.04. The van der Waals surface area contributed by atoms with Gasteiger partial charge in [-0.05, 0) is 18.4 Å². The molecule has 0 aliphatic rings. The van der Waals surface area contributed by atoms with Crippen LogP contribution in [0.2, 0.25) is 0 Å². The molecular weight excluding hydrogens is 202 g/mol. The van der Waals surface area contributed by atoms with Gasteiger partial charge in [0.1, 0.15) is 0 Å². The van der Waals surface area contributed by atoms with Crippen LogP contribution >= 0.6 is 24.0 Å². The van der Waals surface area contributed by atoms with Crippen molar-refractivity contribution in [3.05, 3.63) is 22.4 Å². The second-order valence-corrected chi connectivity index (χ2v) is 4.76. The van der Waals surface area contributed by atoms with Gasteiger partial charge in [-0.1, -0.05) is 6.07 Å². The topological polar surface area (TPSA) is 20.3 Å². The summed E-state index contributed by atoms with van der Waals surface area (Å²) >= 11 is 5.76. The van der Waals surface area contributed by atoms with Crippen molar-refractivity contribution in [1.82, 2.24) is 4.90 Å². The van der Waals surface area contributed by atoms with Gasteiger partial charge < -0.3 is 4.90 Å². The molecule has 1 atom stereocenters. The number of carbonyl (C=O) groups is 1. The first-order valence-electron chi connectivity index (χ1n) is 4.06. The maximum atomic E-state index is 11.4. The fraction of sp³-hybridized carbons (Fsp3) is 0.444. The number of thiophene rings is 1. The summed E-state index contributed by atoms with van der Waals surface area (Å²) in [6.07, 6.45) is 0. The number of thiol groups is 1. The van der Waals surface area contributed by atoms with E-state index in [-0.39, 0.29) is 11.2 Å². The number of nitrogens with zero attached hydrogens (tertiary/aromatic N) is 1. The summed E-state index contributed by atoms with van der Waals surface area (Å²) in [5, 5.41) is 1.79. The van der Waals surface area contributed by atoms with Crippen LogP contribution in [0.3, 0.4) is 0 Å². The standard InChI is InChI=1S/C9H13NOS2/c1-7(12)9(11)10(2)6-8-4-3-5-13-8/h3-5,7,12H,6H2,1-2H3. The summed E-state index contributed by atoms with van der Waals surface area (Å²) in [6.45, 7) is 2.47. The summed E-state index contributed by atoms with van der Waals surface area (Å²) < 4.78 is 0. The highest BCUT2D eigenvalue weighted by Crippen LogP contribution is 2.12. The van der Waals surface area contributed by atoms with Gasteiger partial charge in [0.2, 0.25) is 5.91 Å². The van der Waals surface area contributed by atoms with Gasteiger partial charge in [-0.3, -0.25) is 4.79 Å². The smallest absolute Gasteiger partial charge is 0.235 e. The number of hydrogen-bond acceptors (Lipinski definition) is 3. The minimum Gasteiger partial charge on any atom is -0.340 e. The van der Waals surface area contributed by atoms with Gasteiger partial charge in [-0.2, -0.15) is 12.6 Å². The van der Waals surface area contributed by atoms with E-state index in [0.29, 0.717) is 6.54 Å². The van der Waals surface area contributed by atoms with Crippen molar-refractivity contribution in [3.8, 4) is 0 Å². The SMILES string of the molecule is CC(S)C(=O)N(C)Cc1cccs1. The quantitative estimate of drug-likeness (QED) is 0.765. The highest BCUT2D eigenvalue weighted by Gasteiger charge is 2.13. The maximum absolute atomic E-state index is 11.4.